The first-order valence-electron chi connectivity index (χ1n) is 12.4. The van der Waals surface area contributed by atoms with Gasteiger partial charge in [0.1, 0.15) is 17.6 Å². The van der Waals surface area contributed by atoms with Crippen LogP contribution in [-0.4, -0.2) is 35.4 Å². The molecule has 1 aliphatic rings. The molecule has 1 unspecified atom stereocenters. The zero-order chi connectivity index (χ0) is 24.5. The van der Waals surface area contributed by atoms with Gasteiger partial charge in [0.25, 0.3) is 5.91 Å². The highest BCUT2D eigenvalue weighted by Gasteiger charge is 2.30. The number of halogens is 1. The summed E-state index contributed by atoms with van der Waals surface area (Å²) in [6.07, 6.45) is 5.86. The topological polar surface area (TPSA) is 58.6 Å². The fourth-order valence-corrected chi connectivity index (χ4v) is 4.43. The summed E-state index contributed by atoms with van der Waals surface area (Å²) in [6, 6.07) is 13.3. The van der Waals surface area contributed by atoms with E-state index in [1.165, 1.54) is 24.1 Å². The fraction of sp³-hybridized carbons (Fsp3) is 0.500. The molecule has 184 valence electrons. The molecule has 2 aromatic carbocycles. The molecule has 1 saturated carbocycles. The number of ether oxygens (including phenoxy) is 1. The Labute approximate surface area is 202 Å². The smallest absolute Gasteiger partial charge is 0.261 e. The maximum atomic E-state index is 13.4. The average molecular weight is 469 g/mol. The molecule has 1 aliphatic carbocycles. The summed E-state index contributed by atoms with van der Waals surface area (Å²) in [6.45, 7) is 6.19. The van der Waals surface area contributed by atoms with Crippen molar-refractivity contribution in [3.63, 3.8) is 0 Å². The molecule has 0 saturated heterocycles. The van der Waals surface area contributed by atoms with E-state index in [-0.39, 0.29) is 36.8 Å². The summed E-state index contributed by atoms with van der Waals surface area (Å²) in [4.78, 5) is 28.1. The van der Waals surface area contributed by atoms with Gasteiger partial charge >= 0.3 is 0 Å². The minimum Gasteiger partial charge on any atom is -0.484 e. The van der Waals surface area contributed by atoms with E-state index in [1.54, 1.807) is 17.0 Å². The van der Waals surface area contributed by atoms with E-state index >= 15 is 0 Å². The number of amides is 2. The predicted molar refractivity (Wildman–Crippen MR) is 132 cm³/mol. The van der Waals surface area contributed by atoms with Crippen LogP contribution in [0.5, 0.6) is 5.75 Å². The number of hydrogen-bond acceptors (Lipinski definition) is 3. The third kappa shape index (κ3) is 7.31. The Morgan fingerprint density at radius 1 is 1.03 bits per heavy atom. The number of benzene rings is 2. The summed E-state index contributed by atoms with van der Waals surface area (Å²) in [5.41, 5.74) is 1.96. The van der Waals surface area contributed by atoms with Crippen molar-refractivity contribution < 1.29 is 18.7 Å². The van der Waals surface area contributed by atoms with Gasteiger partial charge in [-0.1, -0.05) is 64.3 Å². The van der Waals surface area contributed by atoms with Gasteiger partial charge in [-0.2, -0.15) is 0 Å². The molecule has 2 amide bonds. The normalized spacial score (nSPS) is 15.1. The number of carbonyl (C=O) groups excluding carboxylic acids is 2. The van der Waals surface area contributed by atoms with E-state index in [0.29, 0.717) is 18.1 Å². The molecule has 0 bridgehead atoms. The Kier molecular flexibility index (Phi) is 9.49. The molecule has 1 fully saturated rings. The molecule has 0 heterocycles. The molecule has 1 N–H and O–H groups in total. The van der Waals surface area contributed by atoms with E-state index in [0.717, 1.165) is 31.2 Å². The molecule has 5 nitrogen and oxygen atoms in total. The lowest BCUT2D eigenvalue weighted by Crippen LogP contribution is -2.52. The summed E-state index contributed by atoms with van der Waals surface area (Å²) in [5.74, 6) is 0.278. The van der Waals surface area contributed by atoms with Crippen LogP contribution in [0.25, 0.3) is 0 Å². The molecule has 34 heavy (non-hydrogen) atoms. The van der Waals surface area contributed by atoms with Crippen molar-refractivity contribution >= 4 is 11.8 Å². The average Bonchev–Trinajstić information content (AvgIpc) is 2.84. The van der Waals surface area contributed by atoms with Gasteiger partial charge in [-0.15, -0.1) is 0 Å². The number of hydrogen-bond donors (Lipinski definition) is 1. The van der Waals surface area contributed by atoms with Crippen LogP contribution in [0.3, 0.4) is 0 Å². The minimum absolute atomic E-state index is 0.133. The quantitative estimate of drug-likeness (QED) is 0.495. The van der Waals surface area contributed by atoms with E-state index < -0.39 is 6.04 Å². The number of carbonyl (C=O) groups is 2. The highest BCUT2D eigenvalue weighted by atomic mass is 19.1. The highest BCUT2D eigenvalue weighted by molar-refractivity contribution is 5.88. The Balaban J connectivity index is 1.73. The summed E-state index contributed by atoms with van der Waals surface area (Å²) >= 11 is 0. The Morgan fingerprint density at radius 2 is 1.68 bits per heavy atom. The molecule has 3 rings (SSSR count). The first kappa shape index (κ1) is 25.7. The second kappa shape index (κ2) is 12.5. The molecule has 2 aromatic rings. The van der Waals surface area contributed by atoms with Gasteiger partial charge in [-0.3, -0.25) is 9.59 Å². The van der Waals surface area contributed by atoms with Crippen molar-refractivity contribution in [2.45, 2.75) is 83.8 Å². The summed E-state index contributed by atoms with van der Waals surface area (Å²) in [7, 11) is 0. The van der Waals surface area contributed by atoms with Crippen LogP contribution >= 0.6 is 0 Å². The van der Waals surface area contributed by atoms with E-state index in [2.05, 4.69) is 19.2 Å². The third-order valence-electron chi connectivity index (χ3n) is 6.51. The lowest BCUT2D eigenvalue weighted by Gasteiger charge is -2.32. The van der Waals surface area contributed by atoms with Crippen molar-refractivity contribution in [2.75, 3.05) is 6.61 Å². The summed E-state index contributed by atoms with van der Waals surface area (Å²) in [5, 5.41) is 3.16. The maximum Gasteiger partial charge on any atom is 0.261 e. The van der Waals surface area contributed by atoms with Crippen LogP contribution in [-0.2, 0) is 16.1 Å². The SMILES string of the molecule is CCC(C(=O)NC1CCCCC1)N(Cc1ccc(F)cc1)C(=O)COc1ccc(C(C)C)cc1. The van der Waals surface area contributed by atoms with Gasteiger partial charge < -0.3 is 15.0 Å². The van der Waals surface area contributed by atoms with Crippen LogP contribution < -0.4 is 10.1 Å². The fourth-order valence-electron chi connectivity index (χ4n) is 4.43. The zero-order valence-electron chi connectivity index (χ0n) is 20.6. The molecule has 1 atom stereocenters. The van der Waals surface area contributed by atoms with E-state index in [1.807, 2.05) is 31.2 Å². The van der Waals surface area contributed by atoms with Gasteiger partial charge in [0.15, 0.2) is 6.61 Å². The van der Waals surface area contributed by atoms with Crippen molar-refractivity contribution in [2.24, 2.45) is 0 Å². The molecule has 0 aliphatic heterocycles. The minimum atomic E-state index is -0.619. The Morgan fingerprint density at radius 3 is 2.26 bits per heavy atom. The molecule has 0 aromatic heterocycles. The summed E-state index contributed by atoms with van der Waals surface area (Å²) < 4.78 is 19.2. The predicted octanol–water partition coefficient (Wildman–Crippen LogP) is 5.58. The van der Waals surface area contributed by atoms with Crippen molar-refractivity contribution in [3.05, 3.63) is 65.5 Å². The monoisotopic (exact) mass is 468 g/mol. The number of rotatable bonds is 10. The van der Waals surface area contributed by atoms with Crippen LogP contribution in [0.4, 0.5) is 4.39 Å². The van der Waals surface area contributed by atoms with Crippen LogP contribution in [0.2, 0.25) is 0 Å². The van der Waals surface area contributed by atoms with E-state index in [4.69, 9.17) is 4.74 Å². The molecular weight excluding hydrogens is 431 g/mol. The molecular formula is C28H37FN2O3. The second-order valence-electron chi connectivity index (χ2n) is 9.43. The van der Waals surface area contributed by atoms with Crippen LogP contribution in [0.1, 0.15) is 76.3 Å². The van der Waals surface area contributed by atoms with Gasteiger partial charge in [0, 0.05) is 12.6 Å². The number of nitrogens with one attached hydrogen (secondary N) is 1. The third-order valence-corrected chi connectivity index (χ3v) is 6.51. The van der Waals surface area contributed by atoms with Gasteiger partial charge in [0.05, 0.1) is 0 Å². The number of nitrogens with zero attached hydrogens (tertiary/aromatic N) is 1. The lowest BCUT2D eigenvalue weighted by atomic mass is 9.95. The van der Waals surface area contributed by atoms with Crippen molar-refractivity contribution in [1.29, 1.82) is 0 Å². The Bertz CT molecular complexity index is 922. The van der Waals surface area contributed by atoms with Gasteiger partial charge in [-0.05, 0) is 60.6 Å². The van der Waals surface area contributed by atoms with Crippen molar-refractivity contribution in [1.82, 2.24) is 10.2 Å². The van der Waals surface area contributed by atoms with Gasteiger partial charge in [0.2, 0.25) is 5.91 Å². The Hall–Kier alpha value is -2.89. The lowest BCUT2D eigenvalue weighted by molar-refractivity contribution is -0.143. The molecule has 0 radical (unpaired) electrons. The first-order valence-corrected chi connectivity index (χ1v) is 12.4. The molecule has 6 heteroatoms. The standard InChI is InChI=1S/C28H37FN2O3/c1-4-26(28(33)30-24-8-6-5-7-9-24)31(18-21-10-14-23(29)15-11-21)27(32)19-34-25-16-12-22(13-17-25)20(2)3/h10-17,20,24,26H,4-9,18-19H2,1-3H3,(H,30,33). The van der Waals surface area contributed by atoms with Crippen LogP contribution in [0, 0.1) is 5.82 Å². The zero-order valence-corrected chi connectivity index (χ0v) is 20.6. The first-order chi connectivity index (χ1) is 16.4. The largest absolute Gasteiger partial charge is 0.484 e. The second-order valence-corrected chi connectivity index (χ2v) is 9.43. The van der Waals surface area contributed by atoms with Crippen molar-refractivity contribution in [3.8, 4) is 5.75 Å². The van der Waals surface area contributed by atoms with E-state index in [9.17, 15) is 14.0 Å². The maximum absolute atomic E-state index is 13.4. The van der Waals surface area contributed by atoms with Crippen LogP contribution in [0.15, 0.2) is 48.5 Å². The molecule has 0 spiro atoms. The highest BCUT2D eigenvalue weighted by Crippen LogP contribution is 2.21. The van der Waals surface area contributed by atoms with Gasteiger partial charge in [-0.25, -0.2) is 4.39 Å².